The van der Waals surface area contributed by atoms with Gasteiger partial charge in [0.2, 0.25) is 0 Å². The van der Waals surface area contributed by atoms with Crippen LogP contribution in [0.1, 0.15) is 25.3 Å². The number of nitrogens with zero attached hydrogens (tertiary/aromatic N) is 1. The highest BCUT2D eigenvalue weighted by atomic mass is 16.6. The number of hydrogen-bond acceptors (Lipinski definition) is 2. The van der Waals surface area contributed by atoms with Gasteiger partial charge in [-0.25, -0.2) is 4.79 Å². The molecule has 2 rings (SSSR count). The molecule has 0 unspecified atom stereocenters. The van der Waals surface area contributed by atoms with Crippen molar-refractivity contribution in [3.8, 4) is 0 Å². The number of amides is 1. The number of carbonyl (C=O) groups is 1. The number of ether oxygens (including phenoxy) is 1. The Hall–Kier alpha value is -1.77. The molecule has 0 aliphatic carbocycles. The second-order valence-corrected chi connectivity index (χ2v) is 4.18. The van der Waals surface area contributed by atoms with E-state index in [1.165, 1.54) is 0 Å². The van der Waals surface area contributed by atoms with Gasteiger partial charge in [-0.15, -0.1) is 0 Å². The fourth-order valence-electron chi connectivity index (χ4n) is 1.88. The summed E-state index contributed by atoms with van der Waals surface area (Å²) in [6.07, 6.45) is 3.89. The highest BCUT2D eigenvalue weighted by molar-refractivity contribution is 5.70. The normalized spacial score (nSPS) is 15.4. The van der Waals surface area contributed by atoms with E-state index in [1.54, 1.807) is 4.90 Å². The van der Waals surface area contributed by atoms with Gasteiger partial charge in [0, 0.05) is 12.2 Å². The lowest BCUT2D eigenvalue weighted by Gasteiger charge is -2.25. The second-order valence-electron chi connectivity index (χ2n) is 4.18. The number of benzene rings is 1. The van der Waals surface area contributed by atoms with E-state index in [9.17, 15) is 4.79 Å². The smallest absolute Gasteiger partial charge is 0.414 e. The van der Waals surface area contributed by atoms with E-state index in [1.807, 2.05) is 37.3 Å². The molecule has 1 aliphatic heterocycles. The molecule has 0 spiro atoms. The average Bonchev–Trinajstić information content (AvgIpc) is 2.38. The van der Waals surface area contributed by atoms with Gasteiger partial charge in [-0.3, -0.25) is 4.90 Å². The molecule has 3 nitrogen and oxygen atoms in total. The Balaban J connectivity index is 1.89. The predicted molar refractivity (Wildman–Crippen MR) is 66.3 cm³/mol. The molecule has 0 N–H and O–H groups in total. The van der Waals surface area contributed by atoms with Gasteiger partial charge < -0.3 is 4.74 Å². The molecular weight excluding hydrogens is 214 g/mol. The van der Waals surface area contributed by atoms with Crippen molar-refractivity contribution in [3.05, 3.63) is 47.7 Å². The van der Waals surface area contributed by atoms with Crippen LogP contribution >= 0.6 is 0 Å². The Morgan fingerprint density at radius 2 is 2.12 bits per heavy atom. The van der Waals surface area contributed by atoms with Gasteiger partial charge in [0.1, 0.15) is 6.61 Å². The van der Waals surface area contributed by atoms with Crippen molar-refractivity contribution in [2.75, 3.05) is 6.54 Å². The topological polar surface area (TPSA) is 29.5 Å². The van der Waals surface area contributed by atoms with Crippen LogP contribution in [0.4, 0.5) is 4.79 Å². The molecule has 90 valence electrons. The van der Waals surface area contributed by atoms with Crippen molar-refractivity contribution in [2.24, 2.45) is 0 Å². The molecular formula is C14H17NO2. The zero-order valence-corrected chi connectivity index (χ0v) is 10.1. The van der Waals surface area contributed by atoms with Crippen LogP contribution in [0.3, 0.4) is 0 Å². The number of hydrogen-bond donors (Lipinski definition) is 0. The lowest BCUT2D eigenvalue weighted by molar-refractivity contribution is 0.105. The summed E-state index contributed by atoms with van der Waals surface area (Å²) in [5.41, 5.74) is 2.01. The number of rotatable bonds is 2. The summed E-state index contributed by atoms with van der Waals surface area (Å²) in [6, 6.07) is 9.73. The van der Waals surface area contributed by atoms with E-state index in [0.717, 1.165) is 30.6 Å². The summed E-state index contributed by atoms with van der Waals surface area (Å²) < 4.78 is 5.28. The van der Waals surface area contributed by atoms with Crippen molar-refractivity contribution in [2.45, 2.75) is 26.4 Å². The van der Waals surface area contributed by atoms with Gasteiger partial charge in [0.15, 0.2) is 0 Å². The van der Waals surface area contributed by atoms with Crippen LogP contribution in [-0.2, 0) is 11.3 Å². The minimum absolute atomic E-state index is 0.248. The Morgan fingerprint density at radius 3 is 2.82 bits per heavy atom. The molecule has 0 radical (unpaired) electrons. The number of allylic oxidation sites excluding steroid dienone is 2. The quantitative estimate of drug-likeness (QED) is 0.781. The van der Waals surface area contributed by atoms with E-state index < -0.39 is 0 Å². The Kier molecular flexibility index (Phi) is 3.81. The van der Waals surface area contributed by atoms with Crippen molar-refractivity contribution in [1.29, 1.82) is 0 Å². The summed E-state index contributed by atoms with van der Waals surface area (Å²) in [7, 11) is 0. The summed E-state index contributed by atoms with van der Waals surface area (Å²) in [5.74, 6) is 0. The third-order valence-electron chi connectivity index (χ3n) is 2.88. The maximum absolute atomic E-state index is 11.8. The monoisotopic (exact) mass is 231 g/mol. The van der Waals surface area contributed by atoms with Crippen LogP contribution in [0.2, 0.25) is 0 Å². The fraction of sp³-hybridized carbons (Fsp3) is 0.357. The molecule has 0 saturated heterocycles. The first kappa shape index (κ1) is 11.7. The highest BCUT2D eigenvalue weighted by Crippen LogP contribution is 2.15. The highest BCUT2D eigenvalue weighted by Gasteiger charge is 2.18. The van der Waals surface area contributed by atoms with E-state index >= 15 is 0 Å². The first-order chi connectivity index (χ1) is 8.27. The van der Waals surface area contributed by atoms with Crippen LogP contribution in [0.5, 0.6) is 0 Å². The van der Waals surface area contributed by atoms with Gasteiger partial charge in [-0.2, -0.15) is 0 Å². The minimum Gasteiger partial charge on any atom is -0.444 e. The number of carbonyl (C=O) groups excluding carboxylic acids is 1. The molecule has 1 aliphatic rings. The summed E-state index contributed by atoms with van der Waals surface area (Å²) in [5, 5.41) is 0. The summed E-state index contributed by atoms with van der Waals surface area (Å²) >= 11 is 0. The largest absolute Gasteiger partial charge is 0.444 e. The van der Waals surface area contributed by atoms with Gasteiger partial charge >= 0.3 is 6.09 Å². The maximum atomic E-state index is 11.8. The molecule has 0 saturated carbocycles. The van der Waals surface area contributed by atoms with Crippen LogP contribution in [-0.4, -0.2) is 17.5 Å². The Morgan fingerprint density at radius 1 is 1.35 bits per heavy atom. The first-order valence-electron chi connectivity index (χ1n) is 5.92. The second kappa shape index (κ2) is 5.53. The molecule has 0 bridgehead atoms. The fourth-order valence-corrected chi connectivity index (χ4v) is 1.88. The standard InChI is InChI=1S/C14H17NO2/c1-12-7-5-6-10-15(12)14(16)17-11-13-8-3-2-4-9-13/h2-4,7-9H,5-6,10-11H2,1H3. The zero-order valence-electron chi connectivity index (χ0n) is 10.1. The lowest BCUT2D eigenvalue weighted by atomic mass is 10.2. The molecule has 0 fully saturated rings. The maximum Gasteiger partial charge on any atom is 0.414 e. The molecule has 17 heavy (non-hydrogen) atoms. The van der Waals surface area contributed by atoms with Crippen molar-refractivity contribution in [1.82, 2.24) is 4.90 Å². The SMILES string of the molecule is CC1=CCCCN1C(=O)OCc1ccccc1. The predicted octanol–water partition coefficient (Wildman–Crippen LogP) is 3.32. The van der Waals surface area contributed by atoms with Crippen molar-refractivity contribution >= 4 is 6.09 Å². The molecule has 1 heterocycles. The first-order valence-corrected chi connectivity index (χ1v) is 5.92. The third-order valence-corrected chi connectivity index (χ3v) is 2.88. The average molecular weight is 231 g/mol. The molecule has 3 heteroatoms. The molecule has 0 aromatic heterocycles. The Labute approximate surface area is 102 Å². The van der Waals surface area contributed by atoms with Gasteiger partial charge in [0.05, 0.1) is 0 Å². The van der Waals surface area contributed by atoms with Gasteiger partial charge in [-0.05, 0) is 25.3 Å². The molecule has 0 atom stereocenters. The van der Waals surface area contributed by atoms with E-state index in [2.05, 4.69) is 6.08 Å². The third kappa shape index (κ3) is 3.09. The molecule has 1 amide bonds. The van der Waals surface area contributed by atoms with Gasteiger partial charge in [0.25, 0.3) is 0 Å². The van der Waals surface area contributed by atoms with Crippen molar-refractivity contribution in [3.63, 3.8) is 0 Å². The van der Waals surface area contributed by atoms with Gasteiger partial charge in [-0.1, -0.05) is 36.4 Å². The van der Waals surface area contributed by atoms with Crippen LogP contribution in [0.25, 0.3) is 0 Å². The van der Waals surface area contributed by atoms with Crippen LogP contribution in [0.15, 0.2) is 42.1 Å². The zero-order chi connectivity index (χ0) is 12.1. The Bertz CT molecular complexity index is 411. The summed E-state index contributed by atoms with van der Waals surface area (Å²) in [6.45, 7) is 3.04. The van der Waals surface area contributed by atoms with E-state index in [-0.39, 0.29) is 6.09 Å². The van der Waals surface area contributed by atoms with Crippen LogP contribution < -0.4 is 0 Å². The van der Waals surface area contributed by atoms with Crippen LogP contribution in [0, 0.1) is 0 Å². The minimum atomic E-state index is -0.248. The molecule has 1 aromatic rings. The van der Waals surface area contributed by atoms with E-state index in [0.29, 0.717) is 6.61 Å². The molecule has 1 aromatic carbocycles. The summed E-state index contributed by atoms with van der Waals surface area (Å²) in [4.78, 5) is 13.5. The van der Waals surface area contributed by atoms with Crippen molar-refractivity contribution < 1.29 is 9.53 Å². The van der Waals surface area contributed by atoms with E-state index in [4.69, 9.17) is 4.74 Å². The lowest BCUT2D eigenvalue weighted by Crippen LogP contribution is -2.32.